The molecule has 0 amide bonds. The zero-order chi connectivity index (χ0) is 14.5. The summed E-state index contributed by atoms with van der Waals surface area (Å²) in [6.07, 6.45) is 0. The molecule has 2 aromatic carbocycles. The van der Waals surface area contributed by atoms with E-state index in [-0.39, 0.29) is 0 Å². The molecule has 0 aromatic heterocycles. The van der Waals surface area contributed by atoms with Gasteiger partial charge in [-0.15, -0.1) is 0 Å². The van der Waals surface area contributed by atoms with Crippen molar-refractivity contribution in [2.75, 3.05) is 7.11 Å². The molecule has 0 aliphatic heterocycles. The molecule has 106 valence electrons. The standard InChI is InChI=1S/C15H15Cl2NO2/c1-19-13-6-5-10(8-18)7-14(13)20-9-11-3-2-4-12(16)15(11)17/h2-7H,8-9,18H2,1H3. The smallest absolute Gasteiger partial charge is 0.161 e. The van der Waals surface area contributed by atoms with Crippen molar-refractivity contribution in [3.63, 3.8) is 0 Å². The van der Waals surface area contributed by atoms with Crippen molar-refractivity contribution in [1.29, 1.82) is 0 Å². The number of methoxy groups -OCH3 is 1. The Hall–Kier alpha value is -1.42. The molecule has 2 N–H and O–H groups in total. The molecular formula is C15H15Cl2NO2. The summed E-state index contributed by atoms with van der Waals surface area (Å²) in [5.41, 5.74) is 7.42. The fraction of sp³-hybridized carbons (Fsp3) is 0.200. The van der Waals surface area contributed by atoms with E-state index in [2.05, 4.69) is 0 Å². The second-order valence-electron chi connectivity index (χ2n) is 4.19. The van der Waals surface area contributed by atoms with Gasteiger partial charge in [0.1, 0.15) is 6.61 Å². The Morgan fingerprint density at radius 1 is 1.10 bits per heavy atom. The van der Waals surface area contributed by atoms with E-state index in [0.29, 0.717) is 34.7 Å². The van der Waals surface area contributed by atoms with Crippen molar-refractivity contribution < 1.29 is 9.47 Å². The third kappa shape index (κ3) is 3.37. The number of nitrogens with two attached hydrogens (primary N) is 1. The summed E-state index contributed by atoms with van der Waals surface area (Å²) in [5.74, 6) is 1.28. The van der Waals surface area contributed by atoms with Gasteiger partial charge in [0.25, 0.3) is 0 Å². The van der Waals surface area contributed by atoms with Gasteiger partial charge in [0.15, 0.2) is 11.5 Å². The van der Waals surface area contributed by atoms with Crippen LogP contribution in [0.1, 0.15) is 11.1 Å². The number of ether oxygens (including phenoxy) is 2. The maximum atomic E-state index is 6.13. The van der Waals surface area contributed by atoms with Gasteiger partial charge < -0.3 is 15.2 Å². The summed E-state index contributed by atoms with van der Waals surface area (Å²) in [5, 5.41) is 1.01. The third-order valence-corrected chi connectivity index (χ3v) is 3.74. The lowest BCUT2D eigenvalue weighted by Gasteiger charge is -2.13. The van der Waals surface area contributed by atoms with Crippen LogP contribution in [0.15, 0.2) is 36.4 Å². The van der Waals surface area contributed by atoms with Crippen LogP contribution < -0.4 is 15.2 Å². The highest BCUT2D eigenvalue weighted by molar-refractivity contribution is 6.42. The van der Waals surface area contributed by atoms with Gasteiger partial charge in [0.05, 0.1) is 17.2 Å². The Morgan fingerprint density at radius 2 is 1.90 bits per heavy atom. The average Bonchev–Trinajstić information content (AvgIpc) is 2.48. The second-order valence-corrected chi connectivity index (χ2v) is 4.98. The Balaban J connectivity index is 2.19. The molecule has 0 aliphatic carbocycles. The van der Waals surface area contributed by atoms with E-state index in [9.17, 15) is 0 Å². The molecule has 0 fully saturated rings. The maximum Gasteiger partial charge on any atom is 0.161 e. The normalized spacial score (nSPS) is 10.4. The largest absolute Gasteiger partial charge is 0.493 e. The first-order chi connectivity index (χ1) is 9.65. The molecule has 0 heterocycles. The Kier molecular flexibility index (Phi) is 5.12. The van der Waals surface area contributed by atoms with Crippen LogP contribution in [0.5, 0.6) is 11.5 Å². The Labute approximate surface area is 128 Å². The van der Waals surface area contributed by atoms with Crippen LogP contribution >= 0.6 is 23.2 Å². The highest BCUT2D eigenvalue weighted by Gasteiger charge is 2.09. The second kappa shape index (κ2) is 6.84. The van der Waals surface area contributed by atoms with Crippen LogP contribution in [0.2, 0.25) is 10.0 Å². The highest BCUT2D eigenvalue weighted by atomic mass is 35.5. The predicted octanol–water partition coefficient (Wildman–Crippen LogP) is 4.04. The SMILES string of the molecule is COc1ccc(CN)cc1OCc1cccc(Cl)c1Cl. The van der Waals surface area contributed by atoms with Crippen molar-refractivity contribution in [2.45, 2.75) is 13.2 Å². The van der Waals surface area contributed by atoms with Crippen molar-refractivity contribution in [3.05, 3.63) is 57.6 Å². The molecule has 0 unspecified atom stereocenters. The lowest BCUT2D eigenvalue weighted by Crippen LogP contribution is -2.01. The summed E-state index contributed by atoms with van der Waals surface area (Å²) in [6, 6.07) is 11.0. The molecule has 5 heteroatoms. The van der Waals surface area contributed by atoms with Gasteiger partial charge in [-0.1, -0.05) is 41.4 Å². The first-order valence-electron chi connectivity index (χ1n) is 6.08. The molecule has 0 saturated carbocycles. The molecule has 0 saturated heterocycles. The molecule has 0 aliphatic rings. The number of benzene rings is 2. The Morgan fingerprint density at radius 3 is 2.60 bits per heavy atom. The average molecular weight is 312 g/mol. The number of rotatable bonds is 5. The van der Waals surface area contributed by atoms with Crippen LogP contribution in [0.25, 0.3) is 0 Å². The van der Waals surface area contributed by atoms with Crippen molar-refractivity contribution >= 4 is 23.2 Å². The van der Waals surface area contributed by atoms with Crippen molar-refractivity contribution in [1.82, 2.24) is 0 Å². The first kappa shape index (κ1) is 15.0. The van der Waals surface area contributed by atoms with Crippen LogP contribution in [-0.4, -0.2) is 7.11 Å². The van der Waals surface area contributed by atoms with Gasteiger partial charge in [-0.05, 0) is 23.8 Å². The molecule has 3 nitrogen and oxygen atoms in total. The van der Waals surface area contributed by atoms with Crippen molar-refractivity contribution in [2.24, 2.45) is 5.73 Å². The van der Waals surface area contributed by atoms with E-state index in [1.807, 2.05) is 30.3 Å². The van der Waals surface area contributed by atoms with E-state index in [1.165, 1.54) is 0 Å². The summed E-state index contributed by atoms with van der Waals surface area (Å²) in [4.78, 5) is 0. The predicted molar refractivity (Wildman–Crippen MR) is 81.7 cm³/mol. The molecule has 0 bridgehead atoms. The molecule has 0 atom stereocenters. The molecule has 20 heavy (non-hydrogen) atoms. The van der Waals surface area contributed by atoms with E-state index >= 15 is 0 Å². The zero-order valence-corrected chi connectivity index (χ0v) is 12.5. The van der Waals surface area contributed by atoms with Gasteiger partial charge in [-0.25, -0.2) is 0 Å². The van der Waals surface area contributed by atoms with Gasteiger partial charge in [-0.2, -0.15) is 0 Å². The van der Waals surface area contributed by atoms with Crippen LogP contribution in [0.4, 0.5) is 0 Å². The monoisotopic (exact) mass is 311 g/mol. The summed E-state index contributed by atoms with van der Waals surface area (Å²) >= 11 is 12.1. The molecule has 0 spiro atoms. The Bertz CT molecular complexity index is 602. The minimum atomic E-state index is 0.309. The van der Waals surface area contributed by atoms with E-state index in [4.69, 9.17) is 38.4 Å². The lowest BCUT2D eigenvalue weighted by atomic mass is 10.2. The zero-order valence-electron chi connectivity index (χ0n) is 11.0. The highest BCUT2D eigenvalue weighted by Crippen LogP contribution is 2.31. The van der Waals surface area contributed by atoms with E-state index in [1.54, 1.807) is 13.2 Å². The fourth-order valence-corrected chi connectivity index (χ4v) is 2.15. The van der Waals surface area contributed by atoms with Crippen molar-refractivity contribution in [3.8, 4) is 11.5 Å². The maximum absolute atomic E-state index is 6.13. The molecular weight excluding hydrogens is 297 g/mol. The van der Waals surface area contributed by atoms with Gasteiger partial charge in [0, 0.05) is 12.1 Å². The summed E-state index contributed by atoms with van der Waals surface area (Å²) in [6.45, 7) is 0.752. The van der Waals surface area contributed by atoms with E-state index in [0.717, 1.165) is 11.1 Å². The number of hydrogen-bond donors (Lipinski definition) is 1. The molecule has 0 radical (unpaired) electrons. The summed E-state index contributed by atoms with van der Waals surface area (Å²) < 4.78 is 11.0. The lowest BCUT2D eigenvalue weighted by molar-refractivity contribution is 0.284. The first-order valence-corrected chi connectivity index (χ1v) is 6.84. The minimum absolute atomic E-state index is 0.309. The van der Waals surface area contributed by atoms with Gasteiger partial charge in [-0.3, -0.25) is 0 Å². The topological polar surface area (TPSA) is 44.5 Å². The molecule has 2 aromatic rings. The van der Waals surface area contributed by atoms with Crippen LogP contribution in [0, 0.1) is 0 Å². The minimum Gasteiger partial charge on any atom is -0.493 e. The van der Waals surface area contributed by atoms with Crippen LogP contribution in [-0.2, 0) is 13.2 Å². The van der Waals surface area contributed by atoms with Gasteiger partial charge >= 0.3 is 0 Å². The van der Waals surface area contributed by atoms with Gasteiger partial charge in [0.2, 0.25) is 0 Å². The quantitative estimate of drug-likeness (QED) is 0.906. The van der Waals surface area contributed by atoms with Crippen LogP contribution in [0.3, 0.4) is 0 Å². The van der Waals surface area contributed by atoms with E-state index < -0.39 is 0 Å². The summed E-state index contributed by atoms with van der Waals surface area (Å²) in [7, 11) is 1.59. The third-order valence-electron chi connectivity index (χ3n) is 2.88. The fourth-order valence-electron chi connectivity index (χ4n) is 1.78. The number of halogens is 2. The molecule has 2 rings (SSSR count). The number of hydrogen-bond acceptors (Lipinski definition) is 3.